The highest BCUT2D eigenvalue weighted by molar-refractivity contribution is 6.17. The Morgan fingerprint density at radius 2 is 1.83 bits per heavy atom. The Hall–Kier alpha value is -2.70. The zero-order valence-electron chi connectivity index (χ0n) is 13.2. The quantitative estimate of drug-likeness (QED) is 0.206. The summed E-state index contributed by atoms with van der Waals surface area (Å²) in [7, 11) is 0. The number of nitrogens with zero attached hydrogens (tertiary/aromatic N) is 1. The fourth-order valence-corrected chi connectivity index (χ4v) is 2.03. The molecule has 0 saturated carbocycles. The molecule has 0 aliphatic heterocycles. The van der Waals surface area contributed by atoms with Crippen LogP contribution < -0.4 is 0 Å². The average molecular weight is 321 g/mol. The van der Waals surface area contributed by atoms with Crippen molar-refractivity contribution < 1.29 is 24.4 Å². The van der Waals surface area contributed by atoms with Gasteiger partial charge in [0.15, 0.2) is 0 Å². The number of hydrogen-bond donors (Lipinski definition) is 1. The van der Waals surface area contributed by atoms with Gasteiger partial charge in [-0.15, -0.1) is 0 Å². The van der Waals surface area contributed by atoms with Crippen molar-refractivity contribution in [2.75, 3.05) is 0 Å². The molecule has 1 aromatic rings. The Bertz CT molecular complexity index is 618. The fraction of sp³-hybridized carbons (Fsp3) is 0.375. The first-order chi connectivity index (χ1) is 10.7. The van der Waals surface area contributed by atoms with Gasteiger partial charge in [-0.05, 0) is 43.0 Å². The van der Waals surface area contributed by atoms with E-state index in [1.807, 2.05) is 13.8 Å². The summed E-state index contributed by atoms with van der Waals surface area (Å²) in [6.45, 7) is 5.63. The molecule has 0 spiro atoms. The highest BCUT2D eigenvalue weighted by Crippen LogP contribution is 2.16. The zero-order valence-corrected chi connectivity index (χ0v) is 13.2. The van der Waals surface area contributed by atoms with E-state index < -0.39 is 28.5 Å². The summed E-state index contributed by atoms with van der Waals surface area (Å²) in [6, 6.07) is 5.20. The lowest BCUT2D eigenvalue weighted by molar-refractivity contribution is -0.384. The van der Waals surface area contributed by atoms with Gasteiger partial charge in [-0.1, -0.05) is 13.8 Å². The van der Waals surface area contributed by atoms with Crippen molar-refractivity contribution in [3.63, 3.8) is 0 Å². The van der Waals surface area contributed by atoms with E-state index in [9.17, 15) is 19.7 Å². The minimum Gasteiger partial charge on any atom is -0.477 e. The Balaban J connectivity index is 2.94. The third kappa shape index (κ3) is 5.90. The lowest BCUT2D eigenvalue weighted by Crippen LogP contribution is -2.21. The number of aliphatic carboxylic acids is 1. The monoisotopic (exact) mass is 321 g/mol. The number of carboxylic acids is 1. The molecule has 124 valence electrons. The number of carbonyl (C=O) groups excluding carboxylic acids is 1. The number of nitro benzene ring substituents is 1. The molecule has 1 N–H and O–H groups in total. The molecule has 0 radical (unpaired) electrons. The van der Waals surface area contributed by atoms with Crippen molar-refractivity contribution in [1.29, 1.82) is 0 Å². The molecule has 0 amide bonds. The molecule has 23 heavy (non-hydrogen) atoms. The minimum absolute atomic E-state index is 0.118. The molecular formula is C16H19NO6. The maximum atomic E-state index is 12.0. The third-order valence-corrected chi connectivity index (χ3v) is 2.98. The summed E-state index contributed by atoms with van der Waals surface area (Å²) in [5.74, 6) is -2.03. The molecule has 1 aromatic carbocycles. The third-order valence-electron chi connectivity index (χ3n) is 2.98. The van der Waals surface area contributed by atoms with Gasteiger partial charge < -0.3 is 9.84 Å². The van der Waals surface area contributed by atoms with Gasteiger partial charge in [0, 0.05) is 12.1 Å². The first-order valence-corrected chi connectivity index (χ1v) is 7.11. The summed E-state index contributed by atoms with van der Waals surface area (Å²) >= 11 is 0. The van der Waals surface area contributed by atoms with Gasteiger partial charge in [0.1, 0.15) is 5.57 Å². The van der Waals surface area contributed by atoms with E-state index in [0.717, 1.165) is 6.08 Å². The molecule has 1 unspecified atom stereocenters. The Labute approximate surface area is 133 Å². The van der Waals surface area contributed by atoms with Crippen LogP contribution >= 0.6 is 0 Å². The summed E-state index contributed by atoms with van der Waals surface area (Å²) in [4.78, 5) is 33.2. The molecule has 0 saturated heterocycles. The fourth-order valence-electron chi connectivity index (χ4n) is 2.03. The van der Waals surface area contributed by atoms with E-state index in [1.165, 1.54) is 24.3 Å². The van der Waals surface area contributed by atoms with Crippen molar-refractivity contribution in [2.45, 2.75) is 33.3 Å². The highest BCUT2D eigenvalue weighted by atomic mass is 16.6. The number of nitro groups is 1. The molecule has 7 nitrogen and oxygen atoms in total. The van der Waals surface area contributed by atoms with Gasteiger partial charge in [0.25, 0.3) is 5.69 Å². The van der Waals surface area contributed by atoms with Crippen LogP contribution in [0.5, 0.6) is 0 Å². The first kappa shape index (κ1) is 18.3. The Morgan fingerprint density at radius 1 is 1.26 bits per heavy atom. The average Bonchev–Trinajstić information content (AvgIpc) is 2.43. The molecular weight excluding hydrogens is 302 g/mol. The van der Waals surface area contributed by atoms with E-state index >= 15 is 0 Å². The summed E-state index contributed by atoms with van der Waals surface area (Å²) in [5, 5.41) is 19.7. The minimum atomic E-state index is -1.41. The van der Waals surface area contributed by atoms with Crippen LogP contribution in [-0.4, -0.2) is 28.1 Å². The van der Waals surface area contributed by atoms with Crippen LogP contribution in [0.25, 0.3) is 6.08 Å². The van der Waals surface area contributed by atoms with Gasteiger partial charge in [0.05, 0.1) is 11.0 Å². The second-order valence-electron chi connectivity index (χ2n) is 5.56. The highest BCUT2D eigenvalue weighted by Gasteiger charge is 2.21. The number of rotatable bonds is 7. The van der Waals surface area contributed by atoms with Crippen molar-refractivity contribution >= 4 is 23.7 Å². The van der Waals surface area contributed by atoms with Crippen LogP contribution in [0.3, 0.4) is 0 Å². The Kier molecular flexibility index (Phi) is 6.44. The standard InChI is InChI=1S/C16H19NO6/c1-10(2)8-11(3)23-16(20)14(15(18)19)9-12-4-6-13(7-5-12)17(21)22/h4-7,9-11H,8H2,1-3H3,(H,18,19). The van der Waals surface area contributed by atoms with Crippen LogP contribution in [0.2, 0.25) is 0 Å². The number of carboxylic acid groups (broad SMARTS) is 1. The maximum Gasteiger partial charge on any atom is 0.345 e. The molecule has 0 aliphatic carbocycles. The van der Waals surface area contributed by atoms with Gasteiger partial charge >= 0.3 is 11.9 Å². The summed E-state index contributed by atoms with van der Waals surface area (Å²) in [5.41, 5.74) is -0.275. The topological polar surface area (TPSA) is 107 Å². The molecule has 0 heterocycles. The number of hydrogen-bond acceptors (Lipinski definition) is 5. The Morgan fingerprint density at radius 3 is 2.26 bits per heavy atom. The summed E-state index contributed by atoms with van der Waals surface area (Å²) in [6.07, 6.45) is 1.36. The second kappa shape index (κ2) is 8.07. The van der Waals surface area contributed by atoms with Gasteiger partial charge in [0.2, 0.25) is 0 Å². The number of esters is 1. The number of carbonyl (C=O) groups is 2. The zero-order chi connectivity index (χ0) is 17.6. The molecule has 0 aromatic heterocycles. The van der Waals surface area contributed by atoms with Crippen LogP contribution in [0, 0.1) is 16.0 Å². The molecule has 0 fully saturated rings. The number of non-ortho nitro benzene ring substituents is 1. The molecule has 7 heteroatoms. The SMILES string of the molecule is CC(C)CC(C)OC(=O)C(=Cc1ccc([N+](=O)[O-])cc1)C(=O)O. The van der Waals surface area contributed by atoms with Crippen LogP contribution in [-0.2, 0) is 14.3 Å². The normalized spacial score (nSPS) is 12.8. The lowest BCUT2D eigenvalue weighted by Gasteiger charge is -2.15. The van der Waals surface area contributed by atoms with Gasteiger partial charge in [-0.2, -0.15) is 0 Å². The predicted octanol–water partition coefficient (Wildman–Crippen LogP) is 3.04. The number of benzene rings is 1. The van der Waals surface area contributed by atoms with Gasteiger partial charge in [-0.3, -0.25) is 10.1 Å². The first-order valence-electron chi connectivity index (χ1n) is 7.11. The molecule has 0 bridgehead atoms. The van der Waals surface area contributed by atoms with E-state index in [-0.39, 0.29) is 5.69 Å². The van der Waals surface area contributed by atoms with Gasteiger partial charge in [-0.25, -0.2) is 9.59 Å². The molecule has 1 rings (SSSR count). The number of ether oxygens (including phenoxy) is 1. The van der Waals surface area contributed by atoms with Crippen LogP contribution in [0.4, 0.5) is 5.69 Å². The molecule has 1 atom stereocenters. The van der Waals surface area contributed by atoms with E-state index in [0.29, 0.717) is 17.9 Å². The largest absolute Gasteiger partial charge is 0.477 e. The van der Waals surface area contributed by atoms with E-state index in [4.69, 9.17) is 9.84 Å². The van der Waals surface area contributed by atoms with Crippen molar-refractivity contribution in [2.24, 2.45) is 5.92 Å². The van der Waals surface area contributed by atoms with Crippen LogP contribution in [0.15, 0.2) is 29.8 Å². The predicted molar refractivity (Wildman–Crippen MR) is 83.7 cm³/mol. The van der Waals surface area contributed by atoms with E-state index in [1.54, 1.807) is 6.92 Å². The second-order valence-corrected chi connectivity index (χ2v) is 5.56. The van der Waals surface area contributed by atoms with Crippen molar-refractivity contribution in [3.05, 3.63) is 45.5 Å². The van der Waals surface area contributed by atoms with Crippen molar-refractivity contribution in [3.8, 4) is 0 Å². The smallest absolute Gasteiger partial charge is 0.345 e. The summed E-state index contributed by atoms with van der Waals surface area (Å²) < 4.78 is 5.12. The van der Waals surface area contributed by atoms with Crippen molar-refractivity contribution in [1.82, 2.24) is 0 Å². The van der Waals surface area contributed by atoms with E-state index in [2.05, 4.69) is 0 Å². The van der Waals surface area contributed by atoms with Crippen LogP contribution in [0.1, 0.15) is 32.8 Å². The maximum absolute atomic E-state index is 12.0. The molecule has 0 aliphatic rings. The lowest BCUT2D eigenvalue weighted by atomic mass is 10.1.